The van der Waals surface area contributed by atoms with Crippen LogP contribution in [0, 0.1) is 0 Å². The van der Waals surface area contributed by atoms with Gasteiger partial charge < -0.3 is 5.73 Å². The largest absolute Gasteiger partial charge is 0.314 e. The Hall–Kier alpha value is -0.0800. The van der Waals surface area contributed by atoms with Gasteiger partial charge in [-0.2, -0.15) is 0 Å². The maximum Gasteiger partial charge on any atom is 0.0730 e. The van der Waals surface area contributed by atoms with E-state index in [-0.39, 0.29) is 0 Å². The number of hydrogen-bond acceptors (Lipinski definition) is 2. The molecule has 0 saturated carbocycles. The zero-order valence-electron chi connectivity index (χ0n) is 4.18. The number of nitrogens with two attached hydrogens (primary N) is 1. The molecule has 0 aromatic carbocycles. The lowest BCUT2D eigenvalue weighted by molar-refractivity contribution is 0.597. The fourth-order valence-electron chi connectivity index (χ4n) is 0.524. The summed E-state index contributed by atoms with van der Waals surface area (Å²) in [6.45, 7) is 2.12. The van der Waals surface area contributed by atoms with Crippen molar-refractivity contribution >= 4 is 0 Å². The fourth-order valence-corrected chi connectivity index (χ4v) is 0.524. The van der Waals surface area contributed by atoms with Gasteiger partial charge in [0.25, 0.3) is 0 Å². The van der Waals surface area contributed by atoms with Gasteiger partial charge in [-0.15, -0.1) is 0 Å². The first-order valence-corrected chi connectivity index (χ1v) is 2.21. The zero-order valence-corrected chi connectivity index (χ0v) is 4.18. The molecule has 1 saturated heterocycles. The predicted molar refractivity (Wildman–Crippen MR) is 25.2 cm³/mol. The van der Waals surface area contributed by atoms with Crippen LogP contribution in [-0.2, 0) is 0 Å². The van der Waals surface area contributed by atoms with Crippen LogP contribution in [0.4, 0.5) is 0 Å². The molecule has 1 aliphatic rings. The molecular formula is C4H10N2. The van der Waals surface area contributed by atoms with Crippen molar-refractivity contribution in [3.05, 3.63) is 0 Å². The van der Waals surface area contributed by atoms with Gasteiger partial charge in [-0.3, -0.25) is 4.90 Å². The maximum atomic E-state index is 5.44. The average molecular weight is 86.1 g/mol. The van der Waals surface area contributed by atoms with Crippen LogP contribution in [0.15, 0.2) is 0 Å². The Morgan fingerprint density at radius 2 is 1.83 bits per heavy atom. The molecule has 36 valence electrons. The Kier molecular flexibility index (Phi) is 0.648. The lowest BCUT2D eigenvalue weighted by Crippen LogP contribution is -2.05. The molecule has 3 unspecified atom stereocenters. The molecule has 0 aliphatic carbocycles. The summed E-state index contributed by atoms with van der Waals surface area (Å²) in [7, 11) is 2.02. The molecule has 2 nitrogen and oxygen atoms in total. The van der Waals surface area contributed by atoms with E-state index in [0.717, 1.165) is 0 Å². The summed E-state index contributed by atoms with van der Waals surface area (Å²) >= 11 is 0. The lowest BCUT2D eigenvalue weighted by Gasteiger charge is -1.77. The van der Waals surface area contributed by atoms with E-state index in [9.17, 15) is 0 Å². The first-order chi connectivity index (χ1) is 2.73. The Labute approximate surface area is 37.9 Å². The third kappa shape index (κ3) is 0.340. The van der Waals surface area contributed by atoms with Gasteiger partial charge in [-0.1, -0.05) is 0 Å². The molecule has 1 aliphatic heterocycles. The minimum atomic E-state index is 0.352. The van der Waals surface area contributed by atoms with Gasteiger partial charge >= 0.3 is 0 Å². The highest BCUT2D eigenvalue weighted by Crippen LogP contribution is 2.17. The van der Waals surface area contributed by atoms with Crippen LogP contribution in [0.1, 0.15) is 6.92 Å². The van der Waals surface area contributed by atoms with E-state index in [1.165, 1.54) is 0 Å². The van der Waals surface area contributed by atoms with E-state index >= 15 is 0 Å². The van der Waals surface area contributed by atoms with E-state index in [1.54, 1.807) is 0 Å². The van der Waals surface area contributed by atoms with Crippen molar-refractivity contribution in [2.45, 2.75) is 19.1 Å². The standard InChI is InChI=1S/C4H10N2/c1-3-4(5)6(3)2/h3-4H,5H2,1-2H3. The molecule has 6 heavy (non-hydrogen) atoms. The van der Waals surface area contributed by atoms with Crippen molar-refractivity contribution in [2.24, 2.45) is 5.73 Å². The monoisotopic (exact) mass is 86.1 g/mol. The second kappa shape index (κ2) is 0.950. The van der Waals surface area contributed by atoms with Gasteiger partial charge in [-0.05, 0) is 14.0 Å². The molecule has 0 aromatic rings. The van der Waals surface area contributed by atoms with Crippen LogP contribution >= 0.6 is 0 Å². The predicted octanol–water partition coefficient (Wildman–Crippen LogP) is -0.395. The van der Waals surface area contributed by atoms with Crippen LogP contribution in [0.2, 0.25) is 0 Å². The van der Waals surface area contributed by atoms with Crippen molar-refractivity contribution < 1.29 is 0 Å². The number of rotatable bonds is 0. The molecule has 2 heteroatoms. The molecular weight excluding hydrogens is 76.1 g/mol. The van der Waals surface area contributed by atoms with Crippen molar-refractivity contribution in [1.29, 1.82) is 0 Å². The molecule has 0 bridgehead atoms. The second-order valence-electron chi connectivity index (χ2n) is 1.90. The summed E-state index contributed by atoms with van der Waals surface area (Å²) < 4.78 is 0. The Morgan fingerprint density at radius 1 is 1.67 bits per heavy atom. The molecule has 1 fully saturated rings. The van der Waals surface area contributed by atoms with Crippen molar-refractivity contribution in [3.8, 4) is 0 Å². The molecule has 3 atom stereocenters. The van der Waals surface area contributed by atoms with Gasteiger partial charge in [0.15, 0.2) is 0 Å². The average Bonchev–Trinajstić information content (AvgIpc) is 1.94. The van der Waals surface area contributed by atoms with Crippen LogP contribution in [0.3, 0.4) is 0 Å². The topological polar surface area (TPSA) is 29.0 Å². The normalized spacial score (nSPS) is 55.5. The van der Waals surface area contributed by atoms with E-state index < -0.39 is 0 Å². The number of nitrogens with zero attached hydrogens (tertiary/aromatic N) is 1. The van der Waals surface area contributed by atoms with Crippen molar-refractivity contribution in [2.75, 3.05) is 7.05 Å². The second-order valence-corrected chi connectivity index (χ2v) is 1.90. The Balaban J connectivity index is 2.31. The van der Waals surface area contributed by atoms with Gasteiger partial charge in [0, 0.05) is 6.04 Å². The lowest BCUT2D eigenvalue weighted by atomic mass is 10.5. The van der Waals surface area contributed by atoms with Gasteiger partial charge in [0.1, 0.15) is 0 Å². The molecule has 0 radical (unpaired) electrons. The highest BCUT2D eigenvalue weighted by atomic mass is 15.4. The van der Waals surface area contributed by atoms with Gasteiger partial charge in [0.2, 0.25) is 0 Å². The minimum Gasteiger partial charge on any atom is -0.314 e. The van der Waals surface area contributed by atoms with Crippen LogP contribution in [-0.4, -0.2) is 24.2 Å². The summed E-state index contributed by atoms with van der Waals surface area (Å²) in [6.07, 6.45) is 0.352. The highest BCUT2D eigenvalue weighted by molar-refractivity contribution is 4.90. The van der Waals surface area contributed by atoms with Gasteiger partial charge in [0.05, 0.1) is 6.17 Å². The van der Waals surface area contributed by atoms with E-state index in [2.05, 4.69) is 11.8 Å². The summed E-state index contributed by atoms with van der Waals surface area (Å²) in [5.41, 5.74) is 5.44. The Bertz CT molecular complexity index is 42.3. The molecule has 1 rings (SSSR count). The maximum absolute atomic E-state index is 5.44. The van der Waals surface area contributed by atoms with E-state index in [1.807, 2.05) is 7.05 Å². The molecule has 2 N–H and O–H groups in total. The molecule has 0 amide bonds. The number of likely N-dealkylation sites (N-methyl/N-ethyl adjacent to an activating group) is 1. The number of hydrogen-bond donors (Lipinski definition) is 1. The fraction of sp³-hybridized carbons (Fsp3) is 1.00. The molecule has 0 aromatic heterocycles. The summed E-state index contributed by atoms with van der Waals surface area (Å²) in [5.74, 6) is 0. The zero-order chi connectivity index (χ0) is 4.73. The van der Waals surface area contributed by atoms with E-state index in [0.29, 0.717) is 12.2 Å². The summed E-state index contributed by atoms with van der Waals surface area (Å²) in [5, 5.41) is 0. The van der Waals surface area contributed by atoms with Crippen LogP contribution in [0.25, 0.3) is 0 Å². The quantitative estimate of drug-likeness (QED) is 0.406. The third-order valence-corrected chi connectivity index (χ3v) is 1.52. The smallest absolute Gasteiger partial charge is 0.0730 e. The Morgan fingerprint density at radius 3 is 1.83 bits per heavy atom. The van der Waals surface area contributed by atoms with Crippen molar-refractivity contribution in [1.82, 2.24) is 4.90 Å². The van der Waals surface area contributed by atoms with E-state index in [4.69, 9.17) is 5.73 Å². The summed E-state index contributed by atoms with van der Waals surface area (Å²) in [6, 6.07) is 0.630. The van der Waals surface area contributed by atoms with Crippen LogP contribution in [0.5, 0.6) is 0 Å². The third-order valence-electron chi connectivity index (χ3n) is 1.52. The first-order valence-electron chi connectivity index (χ1n) is 2.21. The molecule has 1 heterocycles. The van der Waals surface area contributed by atoms with Crippen molar-refractivity contribution in [3.63, 3.8) is 0 Å². The minimum absolute atomic E-state index is 0.352. The molecule has 0 spiro atoms. The van der Waals surface area contributed by atoms with Crippen LogP contribution < -0.4 is 5.73 Å². The summed E-state index contributed by atoms with van der Waals surface area (Å²) in [4.78, 5) is 2.11. The highest BCUT2D eigenvalue weighted by Gasteiger charge is 2.36. The van der Waals surface area contributed by atoms with Gasteiger partial charge in [-0.25, -0.2) is 0 Å². The first kappa shape index (κ1) is 4.09. The SMILES string of the molecule is CC1C(N)N1C.